The minimum Gasteiger partial charge on any atom is -0.478 e. The van der Waals surface area contributed by atoms with Gasteiger partial charge >= 0.3 is 5.97 Å². The van der Waals surface area contributed by atoms with E-state index in [4.69, 9.17) is 5.11 Å². The van der Waals surface area contributed by atoms with Crippen LogP contribution >= 0.6 is 0 Å². The highest BCUT2D eigenvalue weighted by atomic mass is 19.1. The number of aliphatic carboxylic acids is 1. The van der Waals surface area contributed by atoms with Crippen molar-refractivity contribution in [1.82, 2.24) is 10.2 Å². The predicted octanol–water partition coefficient (Wildman–Crippen LogP) is 7.11. The maximum absolute atomic E-state index is 14.0. The number of nitrogens with zero attached hydrogens (tertiary/aromatic N) is 1. The van der Waals surface area contributed by atoms with Gasteiger partial charge in [-0.2, -0.15) is 5.10 Å². The van der Waals surface area contributed by atoms with E-state index < -0.39 is 5.97 Å². The summed E-state index contributed by atoms with van der Waals surface area (Å²) >= 11 is 0. The van der Waals surface area contributed by atoms with Crippen molar-refractivity contribution in [3.8, 4) is 0 Å². The number of aromatic nitrogens is 2. The molecule has 0 bridgehead atoms. The second-order valence-electron chi connectivity index (χ2n) is 8.88. The monoisotopic (exact) mass is 454 g/mol. The number of nitrogens with one attached hydrogen (secondary N) is 1. The van der Waals surface area contributed by atoms with Crippen LogP contribution < -0.4 is 0 Å². The van der Waals surface area contributed by atoms with Gasteiger partial charge in [0, 0.05) is 11.5 Å². The first-order chi connectivity index (χ1) is 16.3. The number of H-pyrrole nitrogens is 1. The van der Waals surface area contributed by atoms with E-state index in [-0.39, 0.29) is 5.82 Å². The molecule has 0 radical (unpaired) electrons. The number of benzene rings is 3. The standard InChI is InChI=1S/C29H27FN2O2/c1-18(2)14-26(25-11-10-24(30)15-19(25)3)29(22-9-12-27-23(16-22)17-31-32-27)21-7-4-20(5-8-21)6-13-28(33)34/h4-13,15-18H,14H2,1-3H3,(H,31,32)(H,33,34)/b13-6+,29-26+. The first-order valence-electron chi connectivity index (χ1n) is 11.3. The zero-order valence-electron chi connectivity index (χ0n) is 19.5. The lowest BCUT2D eigenvalue weighted by Gasteiger charge is -2.21. The van der Waals surface area contributed by atoms with E-state index in [9.17, 15) is 9.18 Å². The van der Waals surface area contributed by atoms with Gasteiger partial charge < -0.3 is 5.11 Å². The topological polar surface area (TPSA) is 66.0 Å². The number of hydrogen-bond acceptors (Lipinski definition) is 2. The molecule has 0 spiro atoms. The van der Waals surface area contributed by atoms with Gasteiger partial charge in [-0.3, -0.25) is 5.10 Å². The Morgan fingerprint density at radius 3 is 2.47 bits per heavy atom. The van der Waals surface area contributed by atoms with Crippen LogP contribution in [0.15, 0.2) is 72.9 Å². The first kappa shape index (κ1) is 23.2. The largest absolute Gasteiger partial charge is 0.478 e. The number of allylic oxidation sites excluding steroid dienone is 1. The second-order valence-corrected chi connectivity index (χ2v) is 8.88. The minimum absolute atomic E-state index is 0.249. The highest BCUT2D eigenvalue weighted by molar-refractivity contribution is 6.01. The molecule has 0 amide bonds. The molecule has 0 saturated carbocycles. The molecule has 0 atom stereocenters. The number of aromatic amines is 1. The molecule has 4 nitrogen and oxygen atoms in total. The highest BCUT2D eigenvalue weighted by Crippen LogP contribution is 2.38. The normalized spacial score (nSPS) is 12.5. The second kappa shape index (κ2) is 9.87. The fourth-order valence-corrected chi connectivity index (χ4v) is 4.26. The van der Waals surface area contributed by atoms with E-state index in [2.05, 4.69) is 36.2 Å². The van der Waals surface area contributed by atoms with Crippen LogP contribution in [-0.4, -0.2) is 21.3 Å². The molecule has 0 unspecified atom stereocenters. The van der Waals surface area contributed by atoms with Crippen LogP contribution in [0.25, 0.3) is 28.1 Å². The minimum atomic E-state index is -0.982. The fourth-order valence-electron chi connectivity index (χ4n) is 4.26. The van der Waals surface area contributed by atoms with Crippen LogP contribution in [0, 0.1) is 18.7 Å². The molecular formula is C29H27FN2O2. The Bertz CT molecular complexity index is 1400. The summed E-state index contributed by atoms with van der Waals surface area (Å²) in [5, 5.41) is 17.1. The molecule has 0 saturated heterocycles. The number of carboxylic acids is 1. The van der Waals surface area contributed by atoms with Crippen LogP contribution in [0.5, 0.6) is 0 Å². The average molecular weight is 455 g/mol. The molecule has 0 aliphatic rings. The summed E-state index contributed by atoms with van der Waals surface area (Å²) in [5.74, 6) is -0.852. The lowest BCUT2D eigenvalue weighted by Crippen LogP contribution is -2.01. The summed E-state index contributed by atoms with van der Waals surface area (Å²) in [4.78, 5) is 10.9. The summed E-state index contributed by atoms with van der Waals surface area (Å²) in [6.45, 7) is 6.29. The van der Waals surface area contributed by atoms with Crippen molar-refractivity contribution in [2.45, 2.75) is 27.2 Å². The number of aryl methyl sites for hydroxylation is 1. The number of hydrogen-bond donors (Lipinski definition) is 2. The predicted molar refractivity (Wildman–Crippen MR) is 136 cm³/mol. The first-order valence-corrected chi connectivity index (χ1v) is 11.3. The van der Waals surface area contributed by atoms with E-state index >= 15 is 0 Å². The van der Waals surface area contributed by atoms with Gasteiger partial charge in [-0.25, -0.2) is 9.18 Å². The smallest absolute Gasteiger partial charge is 0.328 e. The number of rotatable bonds is 7. The summed E-state index contributed by atoms with van der Waals surface area (Å²) in [6.07, 6.45) is 5.32. The third-order valence-electron chi connectivity index (χ3n) is 5.77. The molecule has 2 N–H and O–H groups in total. The molecule has 34 heavy (non-hydrogen) atoms. The number of halogens is 1. The number of fused-ring (bicyclic) bond motifs is 1. The van der Waals surface area contributed by atoms with Crippen molar-refractivity contribution in [1.29, 1.82) is 0 Å². The van der Waals surface area contributed by atoms with Gasteiger partial charge in [-0.15, -0.1) is 0 Å². The highest BCUT2D eigenvalue weighted by Gasteiger charge is 2.18. The molecule has 5 heteroatoms. The molecule has 1 heterocycles. The molecule has 0 fully saturated rings. The van der Waals surface area contributed by atoms with Crippen molar-refractivity contribution in [2.24, 2.45) is 5.92 Å². The molecule has 1 aromatic heterocycles. The molecule has 0 aliphatic carbocycles. The van der Waals surface area contributed by atoms with E-state index in [0.717, 1.165) is 62.4 Å². The molecule has 4 rings (SSSR count). The maximum atomic E-state index is 14.0. The molecule has 4 aromatic rings. The summed E-state index contributed by atoms with van der Waals surface area (Å²) < 4.78 is 14.0. The van der Waals surface area contributed by atoms with Crippen molar-refractivity contribution in [3.63, 3.8) is 0 Å². The third kappa shape index (κ3) is 5.15. The van der Waals surface area contributed by atoms with Crippen LogP contribution in [0.4, 0.5) is 4.39 Å². The Hall–Kier alpha value is -3.99. The Balaban J connectivity index is 1.97. The van der Waals surface area contributed by atoms with Gasteiger partial charge in [-0.05, 0) is 88.6 Å². The van der Waals surface area contributed by atoms with Crippen molar-refractivity contribution < 1.29 is 14.3 Å². The van der Waals surface area contributed by atoms with Crippen molar-refractivity contribution in [2.75, 3.05) is 0 Å². The van der Waals surface area contributed by atoms with Gasteiger partial charge in [-0.1, -0.05) is 50.2 Å². The average Bonchev–Trinajstić information content (AvgIpc) is 3.26. The van der Waals surface area contributed by atoms with Gasteiger partial charge in [0.25, 0.3) is 0 Å². The van der Waals surface area contributed by atoms with Gasteiger partial charge in [0.2, 0.25) is 0 Å². The van der Waals surface area contributed by atoms with Gasteiger partial charge in [0.05, 0.1) is 11.7 Å². The lowest BCUT2D eigenvalue weighted by molar-refractivity contribution is -0.131. The van der Waals surface area contributed by atoms with Crippen LogP contribution in [0.3, 0.4) is 0 Å². The summed E-state index contributed by atoms with van der Waals surface area (Å²) in [6, 6.07) is 19.0. The number of carboxylic acid groups (broad SMARTS) is 1. The maximum Gasteiger partial charge on any atom is 0.328 e. The Morgan fingerprint density at radius 2 is 1.79 bits per heavy atom. The zero-order chi connectivity index (χ0) is 24.2. The van der Waals surface area contributed by atoms with E-state index in [1.54, 1.807) is 12.1 Å². The summed E-state index contributed by atoms with van der Waals surface area (Å²) in [5.41, 5.74) is 7.94. The molecular weight excluding hydrogens is 427 g/mol. The Labute approximate surface area is 198 Å². The Morgan fingerprint density at radius 1 is 1.06 bits per heavy atom. The lowest BCUT2D eigenvalue weighted by atomic mass is 9.83. The fraction of sp³-hybridized carbons (Fsp3) is 0.172. The van der Waals surface area contributed by atoms with E-state index in [0.29, 0.717) is 5.92 Å². The van der Waals surface area contributed by atoms with Crippen LogP contribution in [-0.2, 0) is 4.79 Å². The van der Waals surface area contributed by atoms with Gasteiger partial charge in [0.1, 0.15) is 5.82 Å². The van der Waals surface area contributed by atoms with E-state index in [1.165, 1.54) is 6.07 Å². The Kier molecular flexibility index (Phi) is 6.73. The zero-order valence-corrected chi connectivity index (χ0v) is 19.5. The summed E-state index contributed by atoms with van der Waals surface area (Å²) in [7, 11) is 0. The molecule has 3 aromatic carbocycles. The third-order valence-corrected chi connectivity index (χ3v) is 5.77. The SMILES string of the molecule is Cc1cc(F)ccc1/C(CC(C)C)=C(\c1ccc(/C=C/C(=O)O)cc1)c1ccc2[nH]ncc2c1. The van der Waals surface area contributed by atoms with Gasteiger partial charge in [0.15, 0.2) is 0 Å². The van der Waals surface area contributed by atoms with Crippen LogP contribution in [0.1, 0.15) is 48.1 Å². The molecule has 0 aliphatic heterocycles. The van der Waals surface area contributed by atoms with E-state index in [1.807, 2.05) is 49.5 Å². The van der Waals surface area contributed by atoms with Crippen molar-refractivity contribution in [3.05, 3.63) is 107 Å². The quantitative estimate of drug-likeness (QED) is 0.231. The van der Waals surface area contributed by atoms with Crippen LogP contribution in [0.2, 0.25) is 0 Å². The molecule has 172 valence electrons. The number of carbonyl (C=O) groups is 1. The van der Waals surface area contributed by atoms with Crippen molar-refractivity contribution >= 4 is 34.1 Å².